The van der Waals surface area contributed by atoms with Gasteiger partial charge >= 0.3 is 0 Å². The molecule has 0 bridgehead atoms. The zero-order valence-corrected chi connectivity index (χ0v) is 9.42. The van der Waals surface area contributed by atoms with Gasteiger partial charge < -0.3 is 15.2 Å². The summed E-state index contributed by atoms with van der Waals surface area (Å²) in [6.07, 6.45) is 1.62. The summed E-state index contributed by atoms with van der Waals surface area (Å²) in [5.41, 5.74) is 0.640. The highest BCUT2D eigenvalue weighted by atomic mass is 16.4. The van der Waals surface area contributed by atoms with Crippen molar-refractivity contribution in [3.05, 3.63) is 54.6 Å². The van der Waals surface area contributed by atoms with Gasteiger partial charge in [0.25, 0.3) is 0 Å². The minimum Gasteiger partial charge on any atom is -0.545 e. The van der Waals surface area contributed by atoms with Gasteiger partial charge in [-0.15, -0.1) is 0 Å². The molecule has 0 saturated heterocycles. The van der Waals surface area contributed by atoms with E-state index in [9.17, 15) is 14.7 Å². The monoisotopic (exact) mass is 240 g/mol. The highest BCUT2D eigenvalue weighted by Gasteiger charge is 2.02. The number of anilines is 1. The van der Waals surface area contributed by atoms with Gasteiger partial charge in [-0.3, -0.25) is 4.79 Å². The molecule has 1 N–H and O–H groups in total. The lowest BCUT2D eigenvalue weighted by atomic mass is 10.1. The number of carboxylic acids is 1. The molecule has 2 aromatic carbocycles. The van der Waals surface area contributed by atoms with Crippen molar-refractivity contribution in [2.75, 3.05) is 5.32 Å². The summed E-state index contributed by atoms with van der Waals surface area (Å²) in [4.78, 5) is 21.7. The Labute approximate surface area is 104 Å². The van der Waals surface area contributed by atoms with Gasteiger partial charge in [0, 0.05) is 17.1 Å². The van der Waals surface area contributed by atoms with Crippen LogP contribution < -0.4 is 10.4 Å². The molecule has 2 rings (SSSR count). The van der Waals surface area contributed by atoms with Gasteiger partial charge in [0.1, 0.15) is 0 Å². The predicted octanol–water partition coefficient (Wildman–Crippen LogP) is 1.08. The van der Waals surface area contributed by atoms with Crippen molar-refractivity contribution in [2.24, 2.45) is 0 Å². The van der Waals surface area contributed by atoms with Gasteiger partial charge in [0.05, 0.1) is 5.97 Å². The molecule has 0 aromatic heterocycles. The Balaban J connectivity index is 2.27. The highest BCUT2D eigenvalue weighted by Crippen LogP contribution is 2.22. The van der Waals surface area contributed by atoms with E-state index in [1.165, 1.54) is 0 Å². The van der Waals surface area contributed by atoms with Crippen LogP contribution in [0.2, 0.25) is 0 Å². The van der Waals surface area contributed by atoms with Crippen molar-refractivity contribution in [1.29, 1.82) is 0 Å². The number of hydrogen-bond donors (Lipinski definition) is 1. The number of benzene rings is 2. The Morgan fingerprint density at radius 3 is 2.50 bits per heavy atom. The molecule has 0 radical (unpaired) electrons. The predicted molar refractivity (Wildman–Crippen MR) is 66.7 cm³/mol. The van der Waals surface area contributed by atoms with E-state index < -0.39 is 11.9 Å². The lowest BCUT2D eigenvalue weighted by molar-refractivity contribution is -0.297. The van der Waals surface area contributed by atoms with Crippen molar-refractivity contribution in [3.63, 3.8) is 0 Å². The molecule has 2 aromatic rings. The van der Waals surface area contributed by atoms with E-state index in [2.05, 4.69) is 5.32 Å². The molecule has 1 amide bonds. The van der Waals surface area contributed by atoms with E-state index in [1.807, 2.05) is 36.4 Å². The average Bonchev–Trinajstić information content (AvgIpc) is 2.37. The summed E-state index contributed by atoms with van der Waals surface area (Å²) >= 11 is 0. The molecular weight excluding hydrogens is 230 g/mol. The Morgan fingerprint density at radius 2 is 1.72 bits per heavy atom. The number of carboxylic acid groups (broad SMARTS) is 1. The topological polar surface area (TPSA) is 69.2 Å². The van der Waals surface area contributed by atoms with Crippen molar-refractivity contribution in [1.82, 2.24) is 0 Å². The van der Waals surface area contributed by atoms with Crippen LogP contribution in [0.3, 0.4) is 0 Å². The highest BCUT2D eigenvalue weighted by molar-refractivity contribution is 6.07. The SMILES string of the molecule is O=C([O-])C=CC(=O)Nc1cccc2ccccc12. The van der Waals surface area contributed by atoms with Gasteiger partial charge in [0.15, 0.2) is 0 Å². The van der Waals surface area contributed by atoms with Gasteiger partial charge in [-0.1, -0.05) is 36.4 Å². The van der Waals surface area contributed by atoms with Gasteiger partial charge in [-0.25, -0.2) is 0 Å². The third kappa shape index (κ3) is 2.74. The fourth-order valence-electron chi connectivity index (χ4n) is 1.65. The van der Waals surface area contributed by atoms with Crippen LogP contribution in [0.25, 0.3) is 10.8 Å². The first-order chi connectivity index (χ1) is 8.66. The van der Waals surface area contributed by atoms with Crippen LogP contribution >= 0.6 is 0 Å². The van der Waals surface area contributed by atoms with Crippen LogP contribution in [0, 0.1) is 0 Å². The number of carbonyl (C=O) groups is 2. The summed E-state index contributed by atoms with van der Waals surface area (Å²) in [5.74, 6) is -1.90. The number of fused-ring (bicyclic) bond motifs is 1. The fourth-order valence-corrected chi connectivity index (χ4v) is 1.65. The first-order valence-electron chi connectivity index (χ1n) is 5.34. The first kappa shape index (κ1) is 11.9. The largest absolute Gasteiger partial charge is 0.545 e. The van der Waals surface area contributed by atoms with E-state index in [0.717, 1.165) is 16.8 Å². The van der Waals surface area contributed by atoms with Crippen LogP contribution in [0.15, 0.2) is 54.6 Å². The molecule has 90 valence electrons. The second-order valence-electron chi connectivity index (χ2n) is 3.67. The number of aliphatic carboxylic acids is 1. The maximum absolute atomic E-state index is 11.5. The van der Waals surface area contributed by atoms with Crippen LogP contribution in [0.1, 0.15) is 0 Å². The maximum Gasteiger partial charge on any atom is 0.248 e. The lowest BCUT2D eigenvalue weighted by Gasteiger charge is -2.06. The minimum atomic E-state index is -1.40. The standard InChI is InChI=1S/C14H11NO3/c16-13(8-9-14(17)18)15-12-7-3-5-10-4-1-2-6-11(10)12/h1-9H,(H,15,16)(H,17,18)/p-1. The van der Waals surface area contributed by atoms with Crippen LogP contribution in [0.5, 0.6) is 0 Å². The quantitative estimate of drug-likeness (QED) is 0.816. The maximum atomic E-state index is 11.5. The Morgan fingerprint density at radius 1 is 1.00 bits per heavy atom. The molecule has 0 fully saturated rings. The summed E-state index contributed by atoms with van der Waals surface area (Å²) in [6.45, 7) is 0. The molecule has 4 nitrogen and oxygen atoms in total. The molecule has 0 aliphatic carbocycles. The molecule has 18 heavy (non-hydrogen) atoms. The summed E-state index contributed by atoms with van der Waals surface area (Å²) in [5, 5.41) is 14.7. The molecule has 0 unspecified atom stereocenters. The Bertz CT molecular complexity index is 626. The van der Waals surface area contributed by atoms with Crippen molar-refractivity contribution in [3.8, 4) is 0 Å². The van der Waals surface area contributed by atoms with E-state index in [4.69, 9.17) is 0 Å². The van der Waals surface area contributed by atoms with Crippen LogP contribution in [-0.4, -0.2) is 11.9 Å². The number of hydrogen-bond acceptors (Lipinski definition) is 3. The summed E-state index contributed by atoms with van der Waals surface area (Å²) in [6, 6.07) is 13.1. The number of nitrogens with one attached hydrogen (secondary N) is 1. The van der Waals surface area contributed by atoms with Gasteiger partial charge in [-0.2, -0.15) is 0 Å². The summed E-state index contributed by atoms with van der Waals surface area (Å²) in [7, 11) is 0. The molecule has 0 aliphatic heterocycles. The van der Waals surface area contributed by atoms with Crippen molar-refractivity contribution in [2.45, 2.75) is 0 Å². The Hall–Kier alpha value is -2.62. The second kappa shape index (κ2) is 5.14. The molecular formula is C14H10NO3-. The number of rotatable bonds is 3. The third-order valence-corrected chi connectivity index (χ3v) is 2.42. The van der Waals surface area contributed by atoms with E-state index in [-0.39, 0.29) is 0 Å². The fraction of sp³-hybridized carbons (Fsp3) is 0. The molecule has 0 spiro atoms. The smallest absolute Gasteiger partial charge is 0.248 e. The molecule has 0 heterocycles. The first-order valence-corrected chi connectivity index (χ1v) is 5.34. The zero-order valence-electron chi connectivity index (χ0n) is 9.42. The zero-order chi connectivity index (χ0) is 13.0. The van der Waals surface area contributed by atoms with Gasteiger partial charge in [-0.05, 0) is 17.5 Å². The van der Waals surface area contributed by atoms with Crippen LogP contribution in [-0.2, 0) is 9.59 Å². The number of amides is 1. The number of carbonyl (C=O) groups excluding carboxylic acids is 2. The van der Waals surface area contributed by atoms with Gasteiger partial charge in [0.2, 0.25) is 5.91 Å². The third-order valence-electron chi connectivity index (χ3n) is 2.42. The lowest BCUT2D eigenvalue weighted by Crippen LogP contribution is -2.20. The molecule has 0 saturated carbocycles. The van der Waals surface area contributed by atoms with E-state index >= 15 is 0 Å². The van der Waals surface area contributed by atoms with Crippen molar-refractivity contribution >= 4 is 28.3 Å². The molecule has 0 atom stereocenters. The Kier molecular flexibility index (Phi) is 3.38. The molecule has 0 aliphatic rings. The summed E-state index contributed by atoms with van der Waals surface area (Å²) < 4.78 is 0. The minimum absolute atomic E-state index is 0.504. The molecule has 4 heteroatoms. The van der Waals surface area contributed by atoms with E-state index in [1.54, 1.807) is 6.07 Å². The van der Waals surface area contributed by atoms with E-state index in [0.29, 0.717) is 11.8 Å². The average molecular weight is 240 g/mol. The second-order valence-corrected chi connectivity index (χ2v) is 3.67. The van der Waals surface area contributed by atoms with Crippen molar-refractivity contribution < 1.29 is 14.7 Å². The van der Waals surface area contributed by atoms with Crippen LogP contribution in [0.4, 0.5) is 5.69 Å². The normalized spacial score (nSPS) is 10.7.